The number of ether oxygens (including phenoxy) is 1. The van der Waals surface area contributed by atoms with E-state index in [-0.39, 0.29) is 11.5 Å². The Labute approximate surface area is 176 Å². The number of benzene rings is 1. The first-order chi connectivity index (χ1) is 13.8. The summed E-state index contributed by atoms with van der Waals surface area (Å²) in [6.07, 6.45) is 1.51. The molecule has 3 rings (SSSR count). The molecule has 2 aromatic rings. The zero-order chi connectivity index (χ0) is 21.1. The second-order valence-corrected chi connectivity index (χ2v) is 8.68. The van der Waals surface area contributed by atoms with Gasteiger partial charge in [-0.1, -0.05) is 0 Å². The third-order valence-corrected chi connectivity index (χ3v) is 6.19. The van der Waals surface area contributed by atoms with E-state index in [1.54, 1.807) is 13.8 Å². The molecule has 1 aromatic heterocycles. The molecule has 0 spiro atoms. The van der Waals surface area contributed by atoms with E-state index < -0.39 is 6.10 Å². The van der Waals surface area contributed by atoms with Gasteiger partial charge in [-0.3, -0.25) is 9.69 Å². The molecule has 2 heterocycles. The second kappa shape index (κ2) is 9.22. The molecule has 1 saturated heterocycles. The van der Waals surface area contributed by atoms with E-state index >= 15 is 0 Å². The first kappa shape index (κ1) is 21.7. The van der Waals surface area contributed by atoms with Crippen LogP contribution in [0.25, 0.3) is 11.0 Å². The van der Waals surface area contributed by atoms with Gasteiger partial charge in [0.05, 0.1) is 5.39 Å². The van der Waals surface area contributed by atoms with E-state index in [1.165, 1.54) is 0 Å². The van der Waals surface area contributed by atoms with Gasteiger partial charge in [-0.25, -0.2) is 4.79 Å². The van der Waals surface area contributed by atoms with E-state index in [4.69, 9.17) is 9.15 Å². The summed E-state index contributed by atoms with van der Waals surface area (Å²) in [6.45, 7) is 11.6. The lowest BCUT2D eigenvalue weighted by Crippen LogP contribution is -2.52. The normalized spacial score (nSPS) is 16.2. The molecule has 0 radical (unpaired) electrons. The first-order valence-electron chi connectivity index (χ1n) is 10.0. The molecule has 6 nitrogen and oxygen atoms in total. The van der Waals surface area contributed by atoms with Crippen molar-refractivity contribution in [3.8, 4) is 5.75 Å². The zero-order valence-electron chi connectivity index (χ0n) is 17.9. The standard InChI is InChI=1S/C22H30N2O4S/c1-14-12-18(20-15(2)16(3)22(26)28-19(20)13-14)27-17(4)21(25)24-8-6-23(7-9-24)10-11-29-5/h12-13,17H,6-11H2,1-5H3. The summed E-state index contributed by atoms with van der Waals surface area (Å²) in [5, 5.41) is 0.759. The van der Waals surface area contributed by atoms with Crippen molar-refractivity contribution >= 4 is 28.6 Å². The number of carbonyl (C=O) groups is 1. The zero-order valence-corrected chi connectivity index (χ0v) is 18.7. The van der Waals surface area contributed by atoms with Gasteiger partial charge >= 0.3 is 5.63 Å². The Balaban J connectivity index is 1.76. The van der Waals surface area contributed by atoms with Gasteiger partial charge in [-0.05, 0) is 57.2 Å². The van der Waals surface area contributed by atoms with Gasteiger partial charge in [0.2, 0.25) is 0 Å². The van der Waals surface area contributed by atoms with Crippen LogP contribution in [0.5, 0.6) is 5.75 Å². The van der Waals surface area contributed by atoms with Crippen LogP contribution in [0.15, 0.2) is 21.3 Å². The molecule has 1 fully saturated rings. The molecule has 1 unspecified atom stereocenters. The van der Waals surface area contributed by atoms with E-state index in [2.05, 4.69) is 11.2 Å². The number of hydrogen-bond acceptors (Lipinski definition) is 6. The van der Waals surface area contributed by atoms with Gasteiger partial charge in [0.25, 0.3) is 5.91 Å². The maximum atomic E-state index is 13.0. The van der Waals surface area contributed by atoms with Gasteiger partial charge in [0, 0.05) is 44.0 Å². The Morgan fingerprint density at radius 3 is 2.52 bits per heavy atom. The highest BCUT2D eigenvalue weighted by molar-refractivity contribution is 7.98. The Morgan fingerprint density at radius 1 is 1.17 bits per heavy atom. The topological polar surface area (TPSA) is 63.0 Å². The smallest absolute Gasteiger partial charge is 0.339 e. The van der Waals surface area contributed by atoms with Crippen LogP contribution >= 0.6 is 11.8 Å². The molecule has 29 heavy (non-hydrogen) atoms. The highest BCUT2D eigenvalue weighted by Crippen LogP contribution is 2.31. The third kappa shape index (κ3) is 4.78. The SMILES string of the molecule is CSCCN1CCN(C(=O)C(C)Oc2cc(C)cc3oc(=O)c(C)c(C)c23)CC1. The Bertz CT molecular complexity index is 948. The second-order valence-electron chi connectivity index (χ2n) is 7.70. The molecule has 7 heteroatoms. The monoisotopic (exact) mass is 418 g/mol. The molecular weight excluding hydrogens is 388 g/mol. The average Bonchev–Trinajstić information content (AvgIpc) is 2.69. The average molecular weight is 419 g/mol. The third-order valence-electron chi connectivity index (χ3n) is 5.60. The molecule has 1 atom stereocenters. The number of fused-ring (bicyclic) bond motifs is 1. The van der Waals surface area contributed by atoms with Crippen molar-refractivity contribution in [2.45, 2.75) is 33.8 Å². The lowest BCUT2D eigenvalue weighted by molar-refractivity contribution is -0.139. The summed E-state index contributed by atoms with van der Waals surface area (Å²) in [5.41, 5.74) is 2.46. The minimum absolute atomic E-state index is 0.00377. The summed E-state index contributed by atoms with van der Waals surface area (Å²) in [7, 11) is 0. The van der Waals surface area contributed by atoms with Gasteiger partial charge in [0.1, 0.15) is 11.3 Å². The predicted octanol–water partition coefficient (Wildman–Crippen LogP) is 2.99. The number of carbonyl (C=O) groups excluding carboxylic acids is 1. The molecule has 0 aliphatic carbocycles. The summed E-state index contributed by atoms with van der Waals surface area (Å²) in [4.78, 5) is 29.3. The van der Waals surface area contributed by atoms with Crippen LogP contribution < -0.4 is 10.4 Å². The lowest BCUT2D eigenvalue weighted by Gasteiger charge is -2.35. The molecule has 0 saturated carbocycles. The first-order valence-corrected chi connectivity index (χ1v) is 11.4. The van der Waals surface area contributed by atoms with Gasteiger partial charge in [-0.2, -0.15) is 11.8 Å². The van der Waals surface area contributed by atoms with E-state index in [9.17, 15) is 9.59 Å². The van der Waals surface area contributed by atoms with Gasteiger partial charge in [0.15, 0.2) is 6.10 Å². The quantitative estimate of drug-likeness (QED) is 0.672. The van der Waals surface area contributed by atoms with Gasteiger partial charge < -0.3 is 14.1 Å². The summed E-state index contributed by atoms with van der Waals surface area (Å²) in [5.74, 6) is 1.70. The number of nitrogens with zero attached hydrogens (tertiary/aromatic N) is 2. The van der Waals surface area contributed by atoms with Crippen molar-refractivity contribution in [3.63, 3.8) is 0 Å². The van der Waals surface area contributed by atoms with E-state index in [0.29, 0.717) is 16.9 Å². The van der Waals surface area contributed by atoms with Crippen molar-refractivity contribution in [1.29, 1.82) is 0 Å². The fraction of sp³-hybridized carbons (Fsp3) is 0.545. The largest absolute Gasteiger partial charge is 0.480 e. The fourth-order valence-electron chi connectivity index (χ4n) is 3.69. The van der Waals surface area contributed by atoms with Crippen LogP contribution in [0, 0.1) is 20.8 Å². The molecule has 1 aromatic carbocycles. The molecule has 1 amide bonds. The number of piperazine rings is 1. The number of thioether (sulfide) groups is 1. The minimum atomic E-state index is -0.607. The summed E-state index contributed by atoms with van der Waals surface area (Å²) in [6, 6.07) is 3.73. The van der Waals surface area contributed by atoms with E-state index in [1.807, 2.05) is 42.6 Å². The Hall–Kier alpha value is -1.99. The maximum absolute atomic E-state index is 13.0. The Kier molecular flexibility index (Phi) is 6.90. The van der Waals surface area contributed by atoms with Crippen molar-refractivity contribution in [3.05, 3.63) is 39.2 Å². The number of amides is 1. The maximum Gasteiger partial charge on any atom is 0.339 e. The van der Waals surface area contributed by atoms with Crippen LogP contribution in [-0.2, 0) is 4.79 Å². The minimum Gasteiger partial charge on any atom is -0.480 e. The lowest BCUT2D eigenvalue weighted by atomic mass is 10.0. The highest BCUT2D eigenvalue weighted by Gasteiger charge is 2.27. The number of aryl methyl sites for hydroxylation is 2. The van der Waals surface area contributed by atoms with Crippen LogP contribution in [0.4, 0.5) is 0 Å². The fourth-order valence-corrected chi connectivity index (χ4v) is 4.13. The Morgan fingerprint density at radius 2 is 1.86 bits per heavy atom. The molecule has 0 N–H and O–H groups in total. The molecule has 1 aliphatic heterocycles. The predicted molar refractivity (Wildman–Crippen MR) is 118 cm³/mol. The summed E-state index contributed by atoms with van der Waals surface area (Å²) < 4.78 is 11.6. The van der Waals surface area contributed by atoms with Crippen molar-refractivity contribution in [2.75, 3.05) is 44.7 Å². The van der Waals surface area contributed by atoms with Crippen LogP contribution in [0.3, 0.4) is 0 Å². The molecule has 0 bridgehead atoms. The number of hydrogen-bond donors (Lipinski definition) is 0. The van der Waals surface area contributed by atoms with Crippen molar-refractivity contribution < 1.29 is 13.9 Å². The van der Waals surface area contributed by atoms with Crippen LogP contribution in [-0.4, -0.2) is 66.5 Å². The molecule has 1 aliphatic rings. The van der Waals surface area contributed by atoms with Crippen molar-refractivity contribution in [1.82, 2.24) is 9.80 Å². The molecule has 158 valence electrons. The molecular formula is C22H30N2O4S. The summed E-state index contributed by atoms with van der Waals surface area (Å²) >= 11 is 1.84. The highest BCUT2D eigenvalue weighted by atomic mass is 32.2. The van der Waals surface area contributed by atoms with Crippen LogP contribution in [0.2, 0.25) is 0 Å². The van der Waals surface area contributed by atoms with Crippen molar-refractivity contribution in [2.24, 2.45) is 0 Å². The van der Waals surface area contributed by atoms with Gasteiger partial charge in [-0.15, -0.1) is 0 Å². The van der Waals surface area contributed by atoms with Crippen LogP contribution in [0.1, 0.15) is 23.6 Å². The number of rotatable bonds is 6. The van der Waals surface area contributed by atoms with E-state index in [0.717, 1.165) is 55.0 Å².